The Labute approximate surface area is 148 Å². The van der Waals surface area contributed by atoms with Gasteiger partial charge in [-0.3, -0.25) is 19.4 Å². The minimum absolute atomic E-state index is 0.0225. The van der Waals surface area contributed by atoms with Gasteiger partial charge in [-0.2, -0.15) is 0 Å². The monoisotopic (exact) mass is 368 g/mol. The molecule has 1 atom stereocenters. The number of H-pyrrole nitrogens is 1. The predicted octanol–water partition coefficient (Wildman–Crippen LogP) is 1.30. The van der Waals surface area contributed by atoms with Gasteiger partial charge in [-0.25, -0.2) is 13.8 Å². The number of halogens is 2. The molecule has 1 N–H and O–H groups in total. The van der Waals surface area contributed by atoms with E-state index in [0.717, 1.165) is 0 Å². The third-order valence-electron chi connectivity index (χ3n) is 4.90. The van der Waals surface area contributed by atoms with E-state index in [1.54, 1.807) is 25.6 Å². The second kappa shape index (κ2) is 7.14. The highest BCUT2D eigenvalue weighted by atomic mass is 19.3. The Morgan fingerprint density at radius 3 is 2.85 bits per heavy atom. The van der Waals surface area contributed by atoms with Gasteiger partial charge in [-0.05, 0) is 25.0 Å². The number of aromatic nitrogens is 3. The van der Waals surface area contributed by atoms with Crippen LogP contribution in [0, 0.1) is 13.8 Å². The Bertz CT molecular complexity index is 890. The molecule has 2 aromatic heterocycles. The highest BCUT2D eigenvalue weighted by molar-refractivity contribution is 5.85. The number of carbonyl (C=O) groups excluding carboxylic acids is 1. The molecule has 142 valence electrons. The first kappa shape index (κ1) is 18.5. The zero-order chi connectivity index (χ0) is 19.0. The van der Waals surface area contributed by atoms with Gasteiger partial charge < -0.3 is 9.64 Å². The van der Waals surface area contributed by atoms with Crippen molar-refractivity contribution in [3.8, 4) is 0 Å². The number of hydrogen-bond acceptors (Lipinski definition) is 4. The topological polar surface area (TPSA) is 80.2 Å². The summed E-state index contributed by atoms with van der Waals surface area (Å²) in [5, 5.41) is 3.11. The highest BCUT2D eigenvalue weighted by Crippen LogP contribution is 2.22. The van der Waals surface area contributed by atoms with Crippen molar-refractivity contribution in [2.75, 3.05) is 19.8 Å². The van der Waals surface area contributed by atoms with Crippen LogP contribution in [0.25, 0.3) is 11.0 Å². The van der Waals surface area contributed by atoms with Gasteiger partial charge in [0.2, 0.25) is 12.3 Å². The van der Waals surface area contributed by atoms with E-state index >= 15 is 0 Å². The van der Waals surface area contributed by atoms with Gasteiger partial charge in [0.25, 0.3) is 5.56 Å². The molecule has 0 spiro atoms. The summed E-state index contributed by atoms with van der Waals surface area (Å²) in [7, 11) is 1.70. The normalized spacial score (nSPS) is 18.1. The Kier molecular flexibility index (Phi) is 5.08. The van der Waals surface area contributed by atoms with Crippen molar-refractivity contribution in [1.82, 2.24) is 19.7 Å². The second-order valence-corrected chi connectivity index (χ2v) is 6.62. The summed E-state index contributed by atoms with van der Waals surface area (Å²) in [5.74, 6) is -0.251. The van der Waals surface area contributed by atoms with E-state index in [2.05, 4.69) is 10.1 Å². The number of alkyl halides is 2. The van der Waals surface area contributed by atoms with E-state index in [9.17, 15) is 18.4 Å². The van der Waals surface area contributed by atoms with E-state index in [-0.39, 0.29) is 31.0 Å². The van der Waals surface area contributed by atoms with Gasteiger partial charge in [-0.1, -0.05) is 0 Å². The number of amides is 1. The smallest absolute Gasteiger partial charge is 0.273 e. The molecule has 9 heteroatoms. The van der Waals surface area contributed by atoms with E-state index in [4.69, 9.17) is 4.74 Å². The van der Waals surface area contributed by atoms with Crippen LogP contribution in [0.15, 0.2) is 4.79 Å². The summed E-state index contributed by atoms with van der Waals surface area (Å²) < 4.78 is 32.4. The molecule has 3 heterocycles. The number of nitrogens with one attached hydrogen (secondary N) is 1. The first-order chi connectivity index (χ1) is 12.3. The molecule has 26 heavy (non-hydrogen) atoms. The molecule has 7 nitrogen and oxygen atoms in total. The number of nitrogens with zero attached hydrogens (tertiary/aromatic N) is 3. The zero-order valence-corrected chi connectivity index (χ0v) is 15.0. The molecule has 0 aliphatic carbocycles. The lowest BCUT2D eigenvalue weighted by Crippen LogP contribution is -2.50. The van der Waals surface area contributed by atoms with Crippen molar-refractivity contribution in [1.29, 1.82) is 0 Å². The SMILES string of the molecule is Cc1nc2c(c(C)c1CC(=O)N1CCOCC1CC(F)F)c(=O)[nH]n2C. The minimum Gasteiger partial charge on any atom is -0.377 e. The molecule has 0 aromatic carbocycles. The van der Waals surface area contributed by atoms with Gasteiger partial charge in [0.1, 0.15) is 0 Å². The molecular weight excluding hydrogens is 346 g/mol. The van der Waals surface area contributed by atoms with Crippen molar-refractivity contribution in [3.63, 3.8) is 0 Å². The molecule has 0 saturated carbocycles. The summed E-state index contributed by atoms with van der Waals surface area (Å²) in [6, 6.07) is -0.631. The van der Waals surface area contributed by atoms with E-state index in [1.165, 1.54) is 4.90 Å². The minimum atomic E-state index is -2.50. The fourth-order valence-corrected chi connectivity index (χ4v) is 3.55. The van der Waals surface area contributed by atoms with Crippen LogP contribution in [0.5, 0.6) is 0 Å². The molecule has 3 rings (SSSR count). The number of ether oxygens (including phenoxy) is 1. The van der Waals surface area contributed by atoms with Crippen molar-refractivity contribution < 1.29 is 18.3 Å². The summed E-state index contributed by atoms with van der Waals surface area (Å²) in [4.78, 5) is 30.8. The van der Waals surface area contributed by atoms with Crippen molar-refractivity contribution in [2.24, 2.45) is 7.05 Å². The number of fused-ring (bicyclic) bond motifs is 1. The number of aryl methyl sites for hydroxylation is 3. The standard InChI is InChI=1S/C17H22F2N4O3/c1-9-12(10(2)20-16-15(9)17(25)21-22(16)3)7-14(24)23-4-5-26-8-11(23)6-13(18)19/h11,13H,4-8H2,1-3H3,(H,21,25). The van der Waals surface area contributed by atoms with Gasteiger partial charge in [0.15, 0.2) is 5.65 Å². The van der Waals surface area contributed by atoms with Gasteiger partial charge in [-0.15, -0.1) is 0 Å². The number of rotatable bonds is 4. The van der Waals surface area contributed by atoms with Crippen molar-refractivity contribution in [3.05, 3.63) is 27.2 Å². The molecule has 1 aliphatic heterocycles. The average Bonchev–Trinajstić information content (AvgIpc) is 2.85. The lowest BCUT2D eigenvalue weighted by Gasteiger charge is -2.35. The largest absolute Gasteiger partial charge is 0.377 e. The van der Waals surface area contributed by atoms with E-state index in [0.29, 0.717) is 34.5 Å². The van der Waals surface area contributed by atoms with Crippen LogP contribution >= 0.6 is 0 Å². The van der Waals surface area contributed by atoms with Crippen LogP contribution in [0.2, 0.25) is 0 Å². The molecular formula is C17H22F2N4O3. The highest BCUT2D eigenvalue weighted by Gasteiger charge is 2.30. The molecule has 0 bridgehead atoms. The first-order valence-electron chi connectivity index (χ1n) is 8.49. The van der Waals surface area contributed by atoms with Gasteiger partial charge in [0, 0.05) is 25.7 Å². The van der Waals surface area contributed by atoms with Gasteiger partial charge >= 0.3 is 0 Å². The van der Waals surface area contributed by atoms with Crippen molar-refractivity contribution >= 4 is 16.9 Å². The third-order valence-corrected chi connectivity index (χ3v) is 4.90. The summed E-state index contributed by atoms with van der Waals surface area (Å²) >= 11 is 0. The maximum absolute atomic E-state index is 12.8. The number of hydrogen-bond donors (Lipinski definition) is 1. The Balaban J connectivity index is 1.91. The second-order valence-electron chi connectivity index (χ2n) is 6.62. The zero-order valence-electron chi connectivity index (χ0n) is 15.0. The lowest BCUT2D eigenvalue weighted by molar-refractivity contribution is -0.140. The number of pyridine rings is 1. The number of aromatic amines is 1. The molecule has 1 amide bonds. The molecule has 1 fully saturated rings. The van der Waals surface area contributed by atoms with Gasteiger partial charge in [0.05, 0.1) is 31.1 Å². The summed E-state index contributed by atoms with van der Waals surface area (Å²) in [6.07, 6.45) is -2.88. The molecule has 1 aliphatic rings. The molecule has 0 radical (unpaired) electrons. The number of carbonyl (C=O) groups is 1. The summed E-state index contributed by atoms with van der Waals surface area (Å²) in [6.45, 7) is 4.30. The maximum Gasteiger partial charge on any atom is 0.273 e. The Morgan fingerprint density at radius 1 is 1.42 bits per heavy atom. The lowest BCUT2D eigenvalue weighted by atomic mass is 10.0. The fourth-order valence-electron chi connectivity index (χ4n) is 3.55. The third kappa shape index (κ3) is 3.35. The van der Waals surface area contributed by atoms with Crippen molar-refractivity contribution in [2.45, 2.75) is 39.2 Å². The first-order valence-corrected chi connectivity index (χ1v) is 8.49. The van der Waals surface area contributed by atoms with Crippen LogP contribution in [-0.4, -0.2) is 57.8 Å². The average molecular weight is 368 g/mol. The van der Waals surface area contributed by atoms with Crippen LogP contribution in [0.1, 0.15) is 23.2 Å². The van der Waals surface area contributed by atoms with Crippen LogP contribution in [-0.2, 0) is 23.0 Å². The quantitative estimate of drug-likeness (QED) is 0.882. The van der Waals surface area contributed by atoms with E-state index in [1.807, 2.05) is 0 Å². The Hall–Kier alpha value is -2.29. The maximum atomic E-state index is 12.8. The van der Waals surface area contributed by atoms with Crippen LogP contribution in [0.4, 0.5) is 8.78 Å². The molecule has 2 aromatic rings. The molecule has 1 unspecified atom stereocenters. The predicted molar refractivity (Wildman–Crippen MR) is 91.5 cm³/mol. The Morgan fingerprint density at radius 2 is 2.15 bits per heavy atom. The fraction of sp³-hybridized carbons (Fsp3) is 0.588. The van der Waals surface area contributed by atoms with E-state index < -0.39 is 18.9 Å². The summed E-state index contributed by atoms with van der Waals surface area (Å²) in [5.41, 5.74) is 2.28. The molecule has 1 saturated heterocycles. The van der Waals surface area contributed by atoms with Crippen LogP contribution in [0.3, 0.4) is 0 Å². The number of morpholine rings is 1. The van der Waals surface area contributed by atoms with Crippen LogP contribution < -0.4 is 5.56 Å².